The van der Waals surface area contributed by atoms with E-state index in [9.17, 15) is 9.59 Å². The Morgan fingerprint density at radius 3 is 2.45 bits per heavy atom. The summed E-state index contributed by atoms with van der Waals surface area (Å²) in [4.78, 5) is 27.4. The van der Waals surface area contributed by atoms with Crippen molar-refractivity contribution < 1.29 is 19.1 Å². The van der Waals surface area contributed by atoms with E-state index in [0.29, 0.717) is 35.6 Å². The van der Waals surface area contributed by atoms with E-state index in [4.69, 9.17) is 9.47 Å². The van der Waals surface area contributed by atoms with E-state index in [1.165, 1.54) is 5.56 Å². The molecule has 1 heterocycles. The molecule has 6 heteroatoms. The Bertz CT molecular complexity index is 980. The van der Waals surface area contributed by atoms with Crippen LogP contribution in [0.2, 0.25) is 0 Å². The molecule has 0 aromatic heterocycles. The summed E-state index contributed by atoms with van der Waals surface area (Å²) in [6, 6.07) is 13.2. The number of hydrogen-bond acceptors (Lipinski definition) is 4. The third-order valence-electron chi connectivity index (χ3n) is 5.79. The largest absolute Gasteiger partial charge is 0.490 e. The number of nitrogens with zero attached hydrogens (tertiary/aromatic N) is 1. The average Bonchev–Trinajstić information content (AvgIpc) is 2.85. The number of ether oxygens (including phenoxy) is 2. The molecule has 1 aliphatic heterocycles. The van der Waals surface area contributed by atoms with Crippen molar-refractivity contribution in [3.05, 3.63) is 48.0 Å². The number of hydrogen-bond donors (Lipinski definition) is 1. The molecule has 1 N–H and O–H groups in total. The Labute approximate surface area is 197 Å². The highest BCUT2D eigenvalue weighted by molar-refractivity contribution is 6.00. The van der Waals surface area contributed by atoms with Crippen molar-refractivity contribution in [3.8, 4) is 11.5 Å². The zero-order valence-corrected chi connectivity index (χ0v) is 20.6. The maximum absolute atomic E-state index is 13.1. The summed E-state index contributed by atoms with van der Waals surface area (Å²) in [6.07, 6.45) is 0.898. The first-order chi connectivity index (χ1) is 15.6. The predicted molar refractivity (Wildman–Crippen MR) is 132 cm³/mol. The Hall–Kier alpha value is -3.02. The fraction of sp³-hybridized carbons (Fsp3) is 0.481. The van der Waals surface area contributed by atoms with Crippen LogP contribution in [0.3, 0.4) is 0 Å². The fourth-order valence-electron chi connectivity index (χ4n) is 3.63. The van der Waals surface area contributed by atoms with Crippen molar-refractivity contribution in [1.82, 2.24) is 0 Å². The number of carbonyl (C=O) groups excluding carboxylic acids is 2. The second kappa shape index (κ2) is 10.3. The van der Waals surface area contributed by atoms with Crippen molar-refractivity contribution in [2.24, 2.45) is 11.3 Å². The van der Waals surface area contributed by atoms with E-state index < -0.39 is 5.41 Å². The highest BCUT2D eigenvalue weighted by Crippen LogP contribution is 2.38. The van der Waals surface area contributed by atoms with Gasteiger partial charge in [0.15, 0.2) is 6.61 Å². The molecule has 33 heavy (non-hydrogen) atoms. The Morgan fingerprint density at radius 2 is 1.82 bits per heavy atom. The highest BCUT2D eigenvalue weighted by atomic mass is 16.5. The first-order valence-electron chi connectivity index (χ1n) is 11.7. The van der Waals surface area contributed by atoms with Crippen molar-refractivity contribution in [2.75, 3.05) is 30.0 Å². The van der Waals surface area contributed by atoms with Crippen molar-refractivity contribution in [3.63, 3.8) is 0 Å². The number of fused-ring (bicyclic) bond motifs is 1. The Kier molecular flexibility index (Phi) is 7.67. The van der Waals surface area contributed by atoms with Crippen molar-refractivity contribution in [2.45, 2.75) is 53.9 Å². The summed E-state index contributed by atoms with van der Waals surface area (Å²) >= 11 is 0. The lowest BCUT2D eigenvalue weighted by atomic mass is 9.92. The van der Waals surface area contributed by atoms with E-state index in [-0.39, 0.29) is 25.0 Å². The van der Waals surface area contributed by atoms with Crippen LogP contribution in [-0.4, -0.2) is 31.6 Å². The highest BCUT2D eigenvalue weighted by Gasteiger charge is 2.37. The lowest BCUT2D eigenvalue weighted by Crippen LogP contribution is -2.42. The summed E-state index contributed by atoms with van der Waals surface area (Å²) in [6.45, 7) is 13.2. The number of nitrogens with one attached hydrogen (secondary N) is 1. The second-order valence-electron chi connectivity index (χ2n) is 10.1. The van der Waals surface area contributed by atoms with Gasteiger partial charge in [-0.05, 0) is 61.9 Å². The summed E-state index contributed by atoms with van der Waals surface area (Å²) in [5.74, 6) is 1.97. The molecule has 1 aliphatic rings. The zero-order chi connectivity index (χ0) is 24.2. The maximum Gasteiger partial charge on any atom is 0.262 e. The van der Waals surface area contributed by atoms with E-state index in [0.717, 1.165) is 12.1 Å². The monoisotopic (exact) mass is 452 g/mol. The number of carbonyl (C=O) groups is 2. The summed E-state index contributed by atoms with van der Waals surface area (Å²) in [5, 5.41) is 2.86. The normalized spacial score (nSPS) is 15.2. The smallest absolute Gasteiger partial charge is 0.262 e. The number of amides is 2. The minimum absolute atomic E-state index is 0.0515. The maximum atomic E-state index is 13.1. The molecule has 0 fully saturated rings. The molecular formula is C27H36N2O4. The van der Waals surface area contributed by atoms with Crippen LogP contribution in [0.4, 0.5) is 11.4 Å². The molecule has 0 spiro atoms. The van der Waals surface area contributed by atoms with Crippen LogP contribution < -0.4 is 19.7 Å². The van der Waals surface area contributed by atoms with Crippen LogP contribution in [0.1, 0.15) is 59.4 Å². The minimum Gasteiger partial charge on any atom is -0.490 e. The van der Waals surface area contributed by atoms with Gasteiger partial charge in [0.2, 0.25) is 5.91 Å². The molecule has 0 unspecified atom stereocenters. The molecule has 178 valence electrons. The molecule has 2 amide bonds. The van der Waals surface area contributed by atoms with E-state index in [2.05, 4.69) is 33.0 Å². The molecule has 0 saturated carbocycles. The van der Waals surface area contributed by atoms with E-state index in [1.807, 2.05) is 49.1 Å². The Morgan fingerprint density at radius 1 is 1.12 bits per heavy atom. The molecule has 0 radical (unpaired) electrons. The van der Waals surface area contributed by atoms with E-state index >= 15 is 0 Å². The third-order valence-corrected chi connectivity index (χ3v) is 5.79. The average molecular weight is 453 g/mol. The molecule has 6 nitrogen and oxygen atoms in total. The first-order valence-corrected chi connectivity index (χ1v) is 11.7. The number of anilines is 2. The van der Waals surface area contributed by atoms with Crippen LogP contribution in [0.15, 0.2) is 42.5 Å². The van der Waals surface area contributed by atoms with Gasteiger partial charge in [-0.2, -0.15) is 0 Å². The molecule has 0 bridgehead atoms. The minimum atomic E-state index is -0.627. The van der Waals surface area contributed by atoms with Gasteiger partial charge in [-0.1, -0.05) is 39.8 Å². The molecule has 2 aromatic carbocycles. The molecule has 0 atom stereocenters. The van der Waals surface area contributed by atoms with Gasteiger partial charge < -0.3 is 19.7 Å². The van der Waals surface area contributed by atoms with Crippen LogP contribution in [0.5, 0.6) is 11.5 Å². The van der Waals surface area contributed by atoms with Crippen LogP contribution in [0, 0.1) is 11.3 Å². The molecule has 3 rings (SSSR count). The number of benzene rings is 2. The molecule has 2 aromatic rings. The van der Waals surface area contributed by atoms with Gasteiger partial charge in [0.05, 0.1) is 11.1 Å². The summed E-state index contributed by atoms with van der Waals surface area (Å²) < 4.78 is 11.6. The lowest BCUT2D eigenvalue weighted by Gasteiger charge is -2.28. The fourth-order valence-corrected chi connectivity index (χ4v) is 3.63. The third kappa shape index (κ3) is 6.28. The molecule has 0 aliphatic carbocycles. The van der Waals surface area contributed by atoms with Gasteiger partial charge in [-0.3, -0.25) is 9.59 Å². The van der Waals surface area contributed by atoms with E-state index in [1.54, 1.807) is 12.1 Å². The molecule has 0 saturated heterocycles. The van der Waals surface area contributed by atoms with Gasteiger partial charge in [-0.15, -0.1) is 0 Å². The SMILES string of the molecule is CC(C)CCN1C(=O)C(C)(C)COc2cc(NC(=O)COc3ccc(C(C)C)cc3)ccc21. The zero-order valence-electron chi connectivity index (χ0n) is 20.6. The van der Waals surface area contributed by atoms with Crippen LogP contribution >= 0.6 is 0 Å². The Balaban J connectivity index is 1.68. The number of rotatable bonds is 8. The lowest BCUT2D eigenvalue weighted by molar-refractivity contribution is -0.127. The van der Waals surface area contributed by atoms with Crippen molar-refractivity contribution >= 4 is 23.2 Å². The standard InChI is InChI=1S/C27H36N2O4/c1-18(2)13-14-29-23-12-9-21(15-24(23)33-17-27(5,6)26(29)31)28-25(30)16-32-22-10-7-20(8-11-22)19(3)4/h7-12,15,18-19H,13-14,16-17H2,1-6H3,(H,28,30). The van der Waals surface area contributed by atoms with Gasteiger partial charge >= 0.3 is 0 Å². The van der Waals surface area contributed by atoms with Crippen molar-refractivity contribution in [1.29, 1.82) is 0 Å². The van der Waals surface area contributed by atoms with Gasteiger partial charge in [0, 0.05) is 18.3 Å². The topological polar surface area (TPSA) is 67.9 Å². The molecular weight excluding hydrogens is 416 g/mol. The summed E-state index contributed by atoms with van der Waals surface area (Å²) in [5.41, 5.74) is 1.94. The van der Waals surface area contributed by atoms with Gasteiger partial charge in [-0.25, -0.2) is 0 Å². The van der Waals surface area contributed by atoms with Crippen LogP contribution in [0.25, 0.3) is 0 Å². The first kappa shape index (κ1) is 24.6. The van der Waals surface area contributed by atoms with Gasteiger partial charge in [0.1, 0.15) is 18.1 Å². The van der Waals surface area contributed by atoms with Crippen LogP contribution in [-0.2, 0) is 9.59 Å². The predicted octanol–water partition coefficient (Wildman–Crippen LogP) is 5.63. The summed E-state index contributed by atoms with van der Waals surface area (Å²) in [7, 11) is 0. The second-order valence-corrected chi connectivity index (χ2v) is 10.1. The van der Waals surface area contributed by atoms with Gasteiger partial charge in [0.25, 0.3) is 5.91 Å². The quantitative estimate of drug-likeness (QED) is 0.564.